The Labute approximate surface area is 203 Å². The first-order chi connectivity index (χ1) is 15.9. The zero-order chi connectivity index (χ0) is 23.8. The van der Waals surface area contributed by atoms with Crippen molar-refractivity contribution in [3.63, 3.8) is 0 Å². The van der Waals surface area contributed by atoms with Gasteiger partial charge in [0.05, 0.1) is 5.75 Å². The van der Waals surface area contributed by atoms with Crippen LogP contribution in [0.3, 0.4) is 0 Å². The molecule has 1 atom stereocenters. The number of nitrogens with zero attached hydrogens (tertiary/aromatic N) is 1. The first-order valence-electron chi connectivity index (χ1n) is 11.2. The van der Waals surface area contributed by atoms with Gasteiger partial charge in [-0.2, -0.15) is 0 Å². The van der Waals surface area contributed by atoms with Gasteiger partial charge in [0.1, 0.15) is 17.7 Å². The lowest BCUT2D eigenvalue weighted by Gasteiger charge is -2.31. The fourth-order valence-corrected chi connectivity index (χ4v) is 5.32. The minimum absolute atomic E-state index is 0.0685. The molecule has 0 radical (unpaired) electrons. The van der Waals surface area contributed by atoms with E-state index >= 15 is 0 Å². The van der Waals surface area contributed by atoms with Crippen molar-refractivity contribution in [2.45, 2.75) is 63.4 Å². The number of hydrogen-bond donors (Lipinski definition) is 1. The molecular weight excluding hydrogens is 466 g/mol. The number of amides is 2. The fourth-order valence-electron chi connectivity index (χ4n) is 4.07. The molecule has 1 aliphatic carbocycles. The summed E-state index contributed by atoms with van der Waals surface area (Å²) in [6.45, 7) is 2.06. The molecule has 2 aromatic rings. The molecule has 0 saturated heterocycles. The van der Waals surface area contributed by atoms with Gasteiger partial charge in [-0.15, -0.1) is 11.8 Å². The highest BCUT2D eigenvalue weighted by Gasteiger charge is 2.30. The van der Waals surface area contributed by atoms with Crippen molar-refractivity contribution in [1.82, 2.24) is 10.2 Å². The van der Waals surface area contributed by atoms with Gasteiger partial charge in [0.25, 0.3) is 0 Å². The van der Waals surface area contributed by atoms with Crippen molar-refractivity contribution < 1.29 is 18.4 Å². The van der Waals surface area contributed by atoms with Crippen LogP contribution in [0.2, 0.25) is 5.02 Å². The number of carbonyl (C=O) groups is 2. The van der Waals surface area contributed by atoms with Crippen LogP contribution in [0.15, 0.2) is 42.5 Å². The van der Waals surface area contributed by atoms with Crippen LogP contribution in [0.4, 0.5) is 8.78 Å². The predicted molar refractivity (Wildman–Crippen MR) is 129 cm³/mol. The smallest absolute Gasteiger partial charge is 0.243 e. The van der Waals surface area contributed by atoms with Crippen LogP contribution in [0.25, 0.3) is 0 Å². The average molecular weight is 495 g/mol. The Bertz CT molecular complexity index is 932. The number of thioether (sulfide) groups is 1. The Balaban J connectivity index is 1.72. The highest BCUT2D eigenvalue weighted by Crippen LogP contribution is 2.25. The number of rotatable bonds is 10. The monoisotopic (exact) mass is 494 g/mol. The Kier molecular flexibility index (Phi) is 9.56. The Morgan fingerprint density at radius 3 is 2.48 bits per heavy atom. The summed E-state index contributed by atoms with van der Waals surface area (Å²) in [6.07, 6.45) is 4.54. The maximum atomic E-state index is 14.1. The van der Waals surface area contributed by atoms with E-state index < -0.39 is 11.9 Å². The van der Waals surface area contributed by atoms with Crippen LogP contribution in [0.1, 0.15) is 50.2 Å². The number of benzene rings is 2. The first kappa shape index (κ1) is 25.5. The highest BCUT2D eigenvalue weighted by atomic mass is 35.5. The molecular formula is C25H29ClF2N2O2S. The quantitative estimate of drug-likeness (QED) is 0.459. The number of hydrogen-bond acceptors (Lipinski definition) is 3. The minimum Gasteiger partial charge on any atom is -0.352 e. The van der Waals surface area contributed by atoms with Crippen LogP contribution in [0, 0.1) is 11.6 Å². The molecule has 33 heavy (non-hydrogen) atoms. The van der Waals surface area contributed by atoms with E-state index in [4.69, 9.17) is 11.6 Å². The largest absolute Gasteiger partial charge is 0.352 e. The van der Waals surface area contributed by atoms with Crippen molar-refractivity contribution >= 4 is 35.2 Å². The molecule has 2 amide bonds. The predicted octanol–water partition coefficient (Wildman–Crippen LogP) is 5.72. The minimum atomic E-state index is -0.638. The first-order valence-corrected chi connectivity index (χ1v) is 12.8. The molecule has 3 rings (SSSR count). The van der Waals surface area contributed by atoms with E-state index in [1.807, 2.05) is 6.92 Å². The van der Waals surface area contributed by atoms with Gasteiger partial charge in [-0.3, -0.25) is 9.59 Å². The number of halogens is 3. The van der Waals surface area contributed by atoms with Gasteiger partial charge in [-0.25, -0.2) is 8.78 Å². The van der Waals surface area contributed by atoms with Gasteiger partial charge in [-0.05, 0) is 49.1 Å². The second-order valence-corrected chi connectivity index (χ2v) is 9.65. The van der Waals surface area contributed by atoms with E-state index in [9.17, 15) is 18.4 Å². The van der Waals surface area contributed by atoms with Gasteiger partial charge in [-0.1, -0.05) is 49.6 Å². The molecule has 0 heterocycles. The summed E-state index contributed by atoms with van der Waals surface area (Å²) in [5, 5.41) is 3.41. The number of nitrogens with one attached hydrogen (secondary N) is 1. The zero-order valence-electron chi connectivity index (χ0n) is 18.7. The summed E-state index contributed by atoms with van der Waals surface area (Å²) < 4.78 is 27.4. The van der Waals surface area contributed by atoms with Gasteiger partial charge in [0, 0.05) is 28.9 Å². The zero-order valence-corrected chi connectivity index (χ0v) is 20.2. The van der Waals surface area contributed by atoms with E-state index in [0.29, 0.717) is 17.0 Å². The summed E-state index contributed by atoms with van der Waals surface area (Å²) in [5.41, 5.74) is 1.09. The molecule has 0 aliphatic heterocycles. The van der Waals surface area contributed by atoms with Crippen LogP contribution in [-0.2, 0) is 21.9 Å². The summed E-state index contributed by atoms with van der Waals surface area (Å²) in [5.74, 6) is -0.855. The summed E-state index contributed by atoms with van der Waals surface area (Å²) in [6, 6.07) is 9.91. The normalized spacial score (nSPS) is 14.8. The average Bonchev–Trinajstić information content (AvgIpc) is 3.30. The lowest BCUT2D eigenvalue weighted by molar-refractivity contribution is -0.139. The van der Waals surface area contributed by atoms with Crippen LogP contribution < -0.4 is 5.32 Å². The molecule has 0 unspecified atom stereocenters. The summed E-state index contributed by atoms with van der Waals surface area (Å²) >= 11 is 7.34. The molecule has 1 N–H and O–H groups in total. The molecule has 0 spiro atoms. The second kappa shape index (κ2) is 12.4. The maximum absolute atomic E-state index is 14.1. The van der Waals surface area contributed by atoms with Crippen LogP contribution in [0.5, 0.6) is 0 Å². The molecule has 2 aromatic carbocycles. The maximum Gasteiger partial charge on any atom is 0.243 e. The van der Waals surface area contributed by atoms with Gasteiger partial charge >= 0.3 is 0 Å². The van der Waals surface area contributed by atoms with E-state index in [2.05, 4.69) is 5.32 Å². The van der Waals surface area contributed by atoms with E-state index in [1.54, 1.807) is 23.1 Å². The molecule has 4 nitrogen and oxygen atoms in total. The van der Waals surface area contributed by atoms with Crippen molar-refractivity contribution in [3.8, 4) is 0 Å². The molecule has 0 bridgehead atoms. The lowest BCUT2D eigenvalue weighted by Crippen LogP contribution is -2.51. The molecule has 1 saturated carbocycles. The Morgan fingerprint density at radius 2 is 1.85 bits per heavy atom. The summed E-state index contributed by atoms with van der Waals surface area (Å²) in [7, 11) is 0. The fraction of sp³-hybridized carbons (Fsp3) is 0.440. The van der Waals surface area contributed by atoms with Crippen molar-refractivity contribution in [2.24, 2.45) is 0 Å². The van der Waals surface area contributed by atoms with Gasteiger partial charge in [0.15, 0.2) is 0 Å². The summed E-state index contributed by atoms with van der Waals surface area (Å²) in [4.78, 5) is 27.9. The third kappa shape index (κ3) is 7.18. The molecule has 0 aromatic heterocycles. The third-order valence-corrected chi connectivity index (χ3v) is 7.19. The van der Waals surface area contributed by atoms with E-state index in [-0.39, 0.29) is 41.7 Å². The van der Waals surface area contributed by atoms with Gasteiger partial charge in [0.2, 0.25) is 11.8 Å². The van der Waals surface area contributed by atoms with Crippen LogP contribution >= 0.6 is 23.4 Å². The third-order valence-electron chi connectivity index (χ3n) is 5.89. The van der Waals surface area contributed by atoms with E-state index in [1.165, 1.54) is 36.0 Å². The van der Waals surface area contributed by atoms with Crippen molar-refractivity contribution in [2.75, 3.05) is 5.75 Å². The SMILES string of the molecule is CC[C@@H](C(=O)NC1CCCC1)N(Cc1ccc(F)cc1)C(=O)CSCc1c(F)cccc1Cl. The van der Waals surface area contributed by atoms with Crippen molar-refractivity contribution in [3.05, 3.63) is 70.2 Å². The standard InChI is InChI=1S/C25H29ClF2N2O2S/c1-2-23(25(32)29-19-6-3-4-7-19)30(14-17-10-12-18(27)13-11-17)24(31)16-33-15-20-21(26)8-5-9-22(20)28/h5,8-13,19,23H,2-4,6-7,14-16H2,1H3,(H,29,32)/t23-/m0/s1. The number of carbonyl (C=O) groups excluding carboxylic acids is 2. The molecule has 8 heteroatoms. The van der Waals surface area contributed by atoms with Crippen molar-refractivity contribution in [1.29, 1.82) is 0 Å². The molecule has 1 fully saturated rings. The lowest BCUT2D eigenvalue weighted by atomic mass is 10.1. The topological polar surface area (TPSA) is 49.4 Å². The highest BCUT2D eigenvalue weighted by molar-refractivity contribution is 7.99. The second-order valence-electron chi connectivity index (χ2n) is 8.26. The van der Waals surface area contributed by atoms with E-state index in [0.717, 1.165) is 31.2 Å². The van der Waals surface area contributed by atoms with Gasteiger partial charge < -0.3 is 10.2 Å². The molecule has 1 aliphatic rings. The Hall–Kier alpha value is -2.12. The molecule has 178 valence electrons. The Morgan fingerprint density at radius 1 is 1.15 bits per heavy atom. The van der Waals surface area contributed by atoms with Crippen LogP contribution in [-0.4, -0.2) is 34.6 Å².